The van der Waals surface area contributed by atoms with Crippen LogP contribution in [0.1, 0.15) is 18.4 Å². The maximum absolute atomic E-state index is 12.7. The third kappa shape index (κ3) is 4.06. The van der Waals surface area contributed by atoms with E-state index >= 15 is 0 Å². The van der Waals surface area contributed by atoms with Gasteiger partial charge >= 0.3 is 0 Å². The Hall–Kier alpha value is -2.35. The first-order valence-electron chi connectivity index (χ1n) is 9.26. The van der Waals surface area contributed by atoms with E-state index in [2.05, 4.69) is 22.4 Å². The molecule has 0 spiro atoms. The second-order valence-electron chi connectivity index (χ2n) is 6.94. The Labute approximate surface area is 167 Å². The number of nitrogens with zero attached hydrogens (tertiary/aromatic N) is 1. The van der Waals surface area contributed by atoms with Crippen molar-refractivity contribution in [2.24, 2.45) is 5.41 Å². The van der Waals surface area contributed by atoms with Crippen molar-refractivity contribution >= 4 is 34.5 Å². The third-order valence-electron chi connectivity index (χ3n) is 5.07. The number of ether oxygens (including phenoxy) is 1. The Morgan fingerprint density at radius 1 is 1.18 bits per heavy atom. The number of nitrogens with one attached hydrogen (secondary N) is 1. The summed E-state index contributed by atoms with van der Waals surface area (Å²) in [7, 11) is 0. The quantitative estimate of drug-likeness (QED) is 0.614. The van der Waals surface area contributed by atoms with E-state index in [0.717, 1.165) is 5.75 Å². The third-order valence-corrected chi connectivity index (χ3v) is 5.96. The Balaban J connectivity index is 1.46. The number of rotatable bonds is 6. The van der Waals surface area contributed by atoms with Crippen LogP contribution in [0.5, 0.6) is 0 Å². The Bertz CT molecular complexity index is 951. The summed E-state index contributed by atoms with van der Waals surface area (Å²) in [5.41, 5.74) is 2.43. The number of hydrogen-bond donors (Lipinski definition) is 2. The molecule has 1 aliphatic heterocycles. The number of aliphatic hydroxyl groups is 1. The predicted molar refractivity (Wildman–Crippen MR) is 108 cm³/mol. The lowest BCUT2D eigenvalue weighted by Gasteiger charge is -2.33. The minimum absolute atomic E-state index is 0.181. The van der Waals surface area contributed by atoms with E-state index in [4.69, 9.17) is 9.15 Å². The summed E-state index contributed by atoms with van der Waals surface area (Å²) in [6.45, 7) is 0.783. The van der Waals surface area contributed by atoms with Crippen molar-refractivity contribution in [1.29, 1.82) is 0 Å². The normalized spacial score (nSPS) is 16.2. The summed E-state index contributed by atoms with van der Waals surface area (Å²) in [5.74, 6) is 0.595. The van der Waals surface area contributed by atoms with Crippen molar-refractivity contribution in [3.05, 3.63) is 54.1 Å². The highest BCUT2D eigenvalue weighted by molar-refractivity contribution is 7.98. The van der Waals surface area contributed by atoms with Gasteiger partial charge in [-0.3, -0.25) is 4.79 Å². The number of aromatic nitrogens is 1. The van der Waals surface area contributed by atoms with Gasteiger partial charge in [-0.2, -0.15) is 0 Å². The lowest BCUT2D eigenvalue weighted by atomic mass is 9.80. The minimum Gasteiger partial charge on any atom is -0.431 e. The van der Waals surface area contributed by atoms with Crippen LogP contribution in [-0.4, -0.2) is 35.8 Å². The Kier molecular flexibility index (Phi) is 5.66. The van der Waals surface area contributed by atoms with Crippen LogP contribution in [0.25, 0.3) is 11.1 Å². The molecule has 1 aliphatic rings. The molecule has 4 rings (SSSR count). The average molecular weight is 398 g/mol. The Morgan fingerprint density at radius 2 is 1.96 bits per heavy atom. The second-order valence-corrected chi connectivity index (χ2v) is 7.87. The van der Waals surface area contributed by atoms with Gasteiger partial charge in [-0.15, -0.1) is 0 Å². The number of anilines is 1. The largest absolute Gasteiger partial charge is 0.431 e. The number of fused-ring (bicyclic) bond motifs is 1. The molecule has 1 amide bonds. The van der Waals surface area contributed by atoms with Crippen LogP contribution in [0.2, 0.25) is 0 Å². The molecule has 0 saturated carbocycles. The molecule has 2 aromatic carbocycles. The molecular formula is C21H22N2O4S. The van der Waals surface area contributed by atoms with Crippen LogP contribution >= 0.6 is 11.8 Å². The lowest BCUT2D eigenvalue weighted by molar-refractivity contribution is -0.134. The molecule has 1 fully saturated rings. The molecule has 2 heterocycles. The molecular weight excluding hydrogens is 376 g/mol. The van der Waals surface area contributed by atoms with E-state index in [0.29, 0.717) is 48.1 Å². The first-order chi connectivity index (χ1) is 13.7. The van der Waals surface area contributed by atoms with Gasteiger partial charge in [-0.1, -0.05) is 42.1 Å². The molecule has 0 atom stereocenters. The molecule has 0 unspecified atom stereocenters. The molecule has 0 radical (unpaired) electrons. The molecule has 6 nitrogen and oxygen atoms in total. The zero-order valence-electron chi connectivity index (χ0n) is 15.4. The van der Waals surface area contributed by atoms with Crippen LogP contribution in [0.3, 0.4) is 0 Å². The summed E-state index contributed by atoms with van der Waals surface area (Å²) in [4.78, 5) is 17.3. The summed E-state index contributed by atoms with van der Waals surface area (Å²) in [6, 6.07) is 15.5. The number of thioether (sulfide) groups is 1. The van der Waals surface area contributed by atoms with Crippen LogP contribution in [-0.2, 0) is 15.3 Å². The zero-order valence-corrected chi connectivity index (χ0v) is 16.2. The van der Waals surface area contributed by atoms with Crippen LogP contribution < -0.4 is 5.32 Å². The highest BCUT2D eigenvalue weighted by Crippen LogP contribution is 2.32. The number of amides is 1. The molecule has 0 aliphatic carbocycles. The highest BCUT2D eigenvalue weighted by atomic mass is 32.2. The number of oxazole rings is 1. The van der Waals surface area contributed by atoms with Crippen molar-refractivity contribution in [2.75, 3.05) is 25.1 Å². The van der Waals surface area contributed by atoms with Crippen LogP contribution in [0.4, 0.5) is 5.69 Å². The van der Waals surface area contributed by atoms with E-state index in [1.165, 1.54) is 17.3 Å². The van der Waals surface area contributed by atoms with Gasteiger partial charge in [0.25, 0.3) is 5.22 Å². The van der Waals surface area contributed by atoms with Crippen LogP contribution in [0, 0.1) is 5.41 Å². The first-order valence-corrected chi connectivity index (χ1v) is 10.2. The molecule has 3 aromatic rings. The van der Waals surface area contributed by atoms with E-state index < -0.39 is 5.41 Å². The highest BCUT2D eigenvalue weighted by Gasteiger charge is 2.39. The number of aliphatic hydroxyl groups excluding tert-OH is 1. The SMILES string of the molecule is O=C(Nc1ccc2oc(SCc3ccccc3)nc2c1)C1(CO)CCOCC1. The molecule has 146 valence electrons. The van der Waals surface area contributed by atoms with Gasteiger partial charge in [0, 0.05) is 24.7 Å². The van der Waals surface area contributed by atoms with E-state index in [1.54, 1.807) is 18.2 Å². The molecule has 0 bridgehead atoms. The topological polar surface area (TPSA) is 84.6 Å². The summed E-state index contributed by atoms with van der Waals surface area (Å²) in [6.07, 6.45) is 1.03. The second kappa shape index (κ2) is 8.34. The summed E-state index contributed by atoms with van der Waals surface area (Å²) in [5, 5.41) is 13.3. The van der Waals surface area contributed by atoms with Gasteiger partial charge in [-0.25, -0.2) is 4.98 Å². The fourth-order valence-electron chi connectivity index (χ4n) is 3.25. The number of hydrogen-bond acceptors (Lipinski definition) is 6. The van der Waals surface area contributed by atoms with Crippen LogP contribution in [0.15, 0.2) is 58.2 Å². The fourth-order valence-corrected chi connectivity index (χ4v) is 4.04. The average Bonchev–Trinajstić information content (AvgIpc) is 3.15. The predicted octanol–water partition coefficient (Wildman–Crippen LogP) is 3.85. The number of carbonyl (C=O) groups is 1. The van der Waals surface area contributed by atoms with Gasteiger partial charge in [-0.05, 0) is 36.6 Å². The fraction of sp³-hybridized carbons (Fsp3) is 0.333. The van der Waals surface area contributed by atoms with E-state index in [1.807, 2.05) is 18.2 Å². The monoisotopic (exact) mass is 398 g/mol. The maximum Gasteiger partial charge on any atom is 0.257 e. The standard InChI is InChI=1S/C21H22N2O4S/c24-14-21(8-10-26-11-9-21)19(25)22-16-6-7-18-17(12-16)23-20(27-18)28-13-15-4-2-1-3-5-15/h1-7,12,24H,8-11,13-14H2,(H,22,25). The van der Waals surface area contributed by atoms with Crippen molar-refractivity contribution in [3.63, 3.8) is 0 Å². The maximum atomic E-state index is 12.7. The molecule has 1 saturated heterocycles. The van der Waals surface area contributed by atoms with Crippen molar-refractivity contribution in [1.82, 2.24) is 4.98 Å². The van der Waals surface area contributed by atoms with Crippen molar-refractivity contribution in [2.45, 2.75) is 23.8 Å². The molecule has 1 aromatic heterocycles. The van der Waals surface area contributed by atoms with Gasteiger partial charge in [0.15, 0.2) is 5.58 Å². The molecule has 7 heteroatoms. The summed E-state index contributed by atoms with van der Waals surface area (Å²) >= 11 is 1.53. The van der Waals surface area contributed by atoms with Gasteiger partial charge in [0.05, 0.1) is 12.0 Å². The Morgan fingerprint density at radius 3 is 2.71 bits per heavy atom. The zero-order chi connectivity index (χ0) is 19.4. The number of carbonyl (C=O) groups excluding carboxylic acids is 1. The molecule has 28 heavy (non-hydrogen) atoms. The number of benzene rings is 2. The smallest absolute Gasteiger partial charge is 0.257 e. The van der Waals surface area contributed by atoms with Gasteiger partial charge in [0.2, 0.25) is 5.91 Å². The summed E-state index contributed by atoms with van der Waals surface area (Å²) < 4.78 is 11.1. The van der Waals surface area contributed by atoms with Crippen molar-refractivity contribution < 1.29 is 19.1 Å². The van der Waals surface area contributed by atoms with Gasteiger partial charge in [0.1, 0.15) is 5.52 Å². The molecule has 2 N–H and O–H groups in total. The van der Waals surface area contributed by atoms with E-state index in [-0.39, 0.29) is 12.5 Å². The van der Waals surface area contributed by atoms with Crippen molar-refractivity contribution in [3.8, 4) is 0 Å². The first kappa shape index (κ1) is 19.0. The van der Waals surface area contributed by atoms with E-state index in [9.17, 15) is 9.90 Å². The minimum atomic E-state index is -0.784. The van der Waals surface area contributed by atoms with Gasteiger partial charge < -0.3 is 19.6 Å². The lowest BCUT2D eigenvalue weighted by Crippen LogP contribution is -2.43.